The number of amides is 1. The van der Waals surface area contributed by atoms with Gasteiger partial charge in [0.25, 0.3) is 0 Å². The van der Waals surface area contributed by atoms with Gasteiger partial charge in [0.05, 0.1) is 5.92 Å². The third-order valence-electron chi connectivity index (χ3n) is 5.75. The Balaban J connectivity index is 1.45. The molecule has 3 atom stereocenters. The molecule has 25 heavy (non-hydrogen) atoms. The van der Waals surface area contributed by atoms with Crippen molar-refractivity contribution < 1.29 is 4.79 Å². The van der Waals surface area contributed by atoms with E-state index in [4.69, 9.17) is 0 Å². The predicted octanol–water partition coefficient (Wildman–Crippen LogP) is 3.84. The molecule has 3 nitrogen and oxygen atoms in total. The van der Waals surface area contributed by atoms with E-state index in [2.05, 4.69) is 71.7 Å². The van der Waals surface area contributed by atoms with E-state index in [9.17, 15) is 4.79 Å². The molecule has 1 amide bonds. The average molecular weight is 334 g/mol. The van der Waals surface area contributed by atoms with Crippen molar-refractivity contribution in [2.75, 3.05) is 6.54 Å². The second-order valence-corrected chi connectivity index (χ2v) is 7.42. The van der Waals surface area contributed by atoms with Crippen LogP contribution in [0.2, 0.25) is 0 Å². The maximum Gasteiger partial charge on any atom is 0.225 e. The lowest BCUT2D eigenvalue weighted by Gasteiger charge is -2.24. The summed E-state index contributed by atoms with van der Waals surface area (Å²) < 4.78 is 0. The largest absolute Gasteiger partial charge is 0.352 e. The van der Waals surface area contributed by atoms with Gasteiger partial charge in [-0.25, -0.2) is 0 Å². The zero-order valence-electron chi connectivity index (χ0n) is 14.8. The van der Waals surface area contributed by atoms with Crippen molar-refractivity contribution >= 4 is 5.91 Å². The van der Waals surface area contributed by atoms with Crippen LogP contribution < -0.4 is 5.32 Å². The van der Waals surface area contributed by atoms with Crippen molar-refractivity contribution in [2.24, 2.45) is 5.92 Å². The number of nitrogens with one attached hydrogen (secondary N) is 1. The summed E-state index contributed by atoms with van der Waals surface area (Å²) in [5.41, 5.74) is 3.76. The molecule has 2 saturated heterocycles. The second-order valence-electron chi connectivity index (χ2n) is 7.42. The van der Waals surface area contributed by atoms with Crippen LogP contribution in [0.5, 0.6) is 0 Å². The van der Waals surface area contributed by atoms with Gasteiger partial charge < -0.3 is 5.32 Å². The van der Waals surface area contributed by atoms with Crippen LogP contribution in [-0.2, 0) is 11.3 Å². The summed E-state index contributed by atoms with van der Waals surface area (Å²) in [5.74, 6) is 0.328. The fraction of sp³-hybridized carbons (Fsp3) is 0.409. The Morgan fingerprint density at radius 3 is 2.80 bits per heavy atom. The number of nitrogens with zero attached hydrogens (tertiary/aromatic N) is 1. The lowest BCUT2D eigenvalue weighted by molar-refractivity contribution is -0.125. The van der Waals surface area contributed by atoms with E-state index in [0.717, 1.165) is 19.4 Å². The molecule has 2 aliphatic rings. The molecule has 0 aromatic heterocycles. The molecule has 2 heterocycles. The fourth-order valence-corrected chi connectivity index (χ4v) is 4.59. The summed E-state index contributed by atoms with van der Waals surface area (Å²) in [6, 6.07) is 19.8. The Labute approximate surface area is 150 Å². The third kappa shape index (κ3) is 3.34. The molecule has 0 radical (unpaired) electrons. The molecule has 0 aliphatic carbocycles. The summed E-state index contributed by atoms with van der Waals surface area (Å²) in [4.78, 5) is 15.4. The Bertz CT molecular complexity index is 743. The molecule has 0 saturated carbocycles. The highest BCUT2D eigenvalue weighted by Gasteiger charge is 2.46. The summed E-state index contributed by atoms with van der Waals surface area (Å²) in [6.45, 7) is 3.83. The maximum atomic E-state index is 12.9. The van der Waals surface area contributed by atoms with Gasteiger partial charge in [-0.1, -0.05) is 60.2 Å². The SMILES string of the molecule is Cc1cccc(CNC(=O)[C@H]2C[C@@H](c3ccccc3)N3CCC[C@H]23)c1. The van der Waals surface area contributed by atoms with Crippen LogP contribution in [0, 0.1) is 12.8 Å². The fourth-order valence-electron chi connectivity index (χ4n) is 4.59. The molecule has 0 bridgehead atoms. The standard InChI is InChI=1S/C22H26N2O/c1-16-7-5-8-17(13-16)15-23-22(25)19-14-21(18-9-3-2-4-10-18)24-12-6-11-20(19)24/h2-5,7-10,13,19-21H,6,11-12,14-15H2,1H3,(H,23,25)/t19-,20+,21-/m0/s1. The van der Waals surface area contributed by atoms with Crippen molar-refractivity contribution in [1.82, 2.24) is 10.2 Å². The molecule has 0 unspecified atom stereocenters. The maximum absolute atomic E-state index is 12.9. The van der Waals surface area contributed by atoms with Crippen LogP contribution in [0.3, 0.4) is 0 Å². The van der Waals surface area contributed by atoms with Gasteiger partial charge in [0.15, 0.2) is 0 Å². The number of hydrogen-bond donors (Lipinski definition) is 1. The molecule has 0 spiro atoms. The first-order valence-corrected chi connectivity index (χ1v) is 9.36. The number of aryl methyl sites for hydroxylation is 1. The quantitative estimate of drug-likeness (QED) is 0.921. The van der Waals surface area contributed by atoms with E-state index in [1.54, 1.807) is 0 Å². The van der Waals surface area contributed by atoms with E-state index < -0.39 is 0 Å². The first-order valence-electron chi connectivity index (χ1n) is 9.36. The van der Waals surface area contributed by atoms with E-state index in [1.807, 2.05) is 0 Å². The topological polar surface area (TPSA) is 32.3 Å². The van der Waals surface area contributed by atoms with Crippen LogP contribution in [0.25, 0.3) is 0 Å². The predicted molar refractivity (Wildman–Crippen MR) is 100 cm³/mol. The van der Waals surface area contributed by atoms with Gasteiger partial charge in [0, 0.05) is 18.6 Å². The van der Waals surface area contributed by atoms with Gasteiger partial charge in [-0.3, -0.25) is 9.69 Å². The lowest BCUT2D eigenvalue weighted by Crippen LogP contribution is -2.37. The highest BCUT2D eigenvalue weighted by molar-refractivity contribution is 5.80. The normalized spacial score (nSPS) is 25.7. The van der Waals surface area contributed by atoms with Gasteiger partial charge in [-0.05, 0) is 43.9 Å². The highest BCUT2D eigenvalue weighted by atomic mass is 16.2. The van der Waals surface area contributed by atoms with Crippen LogP contribution in [0.4, 0.5) is 0 Å². The summed E-state index contributed by atoms with van der Waals surface area (Å²) in [6.07, 6.45) is 3.29. The molecular formula is C22H26N2O. The molecule has 2 fully saturated rings. The molecule has 2 aromatic rings. The minimum Gasteiger partial charge on any atom is -0.352 e. The second kappa shape index (κ2) is 7.01. The third-order valence-corrected chi connectivity index (χ3v) is 5.75. The van der Waals surface area contributed by atoms with Crippen molar-refractivity contribution in [3.05, 3.63) is 71.3 Å². The molecule has 2 aromatic carbocycles. The minimum absolute atomic E-state index is 0.109. The summed E-state index contributed by atoms with van der Waals surface area (Å²) in [7, 11) is 0. The molecular weight excluding hydrogens is 308 g/mol. The van der Waals surface area contributed by atoms with Gasteiger partial charge in [0.2, 0.25) is 5.91 Å². The Hall–Kier alpha value is -2.13. The average Bonchev–Trinajstić information content (AvgIpc) is 3.23. The summed E-state index contributed by atoms with van der Waals surface area (Å²) >= 11 is 0. The van der Waals surface area contributed by atoms with E-state index in [0.29, 0.717) is 18.6 Å². The van der Waals surface area contributed by atoms with Crippen molar-refractivity contribution in [1.29, 1.82) is 0 Å². The van der Waals surface area contributed by atoms with Gasteiger partial charge in [0.1, 0.15) is 0 Å². The van der Waals surface area contributed by atoms with Gasteiger partial charge in [-0.15, -0.1) is 0 Å². The minimum atomic E-state index is 0.109. The first kappa shape index (κ1) is 16.3. The number of fused-ring (bicyclic) bond motifs is 1. The highest BCUT2D eigenvalue weighted by Crippen LogP contribution is 2.44. The summed E-state index contributed by atoms with van der Waals surface area (Å²) in [5, 5.41) is 3.19. The molecule has 3 heteroatoms. The monoisotopic (exact) mass is 334 g/mol. The van der Waals surface area contributed by atoms with Crippen LogP contribution >= 0.6 is 0 Å². The Morgan fingerprint density at radius 1 is 1.16 bits per heavy atom. The number of carbonyl (C=O) groups is 1. The van der Waals surface area contributed by atoms with E-state index in [1.165, 1.54) is 23.1 Å². The number of hydrogen-bond acceptors (Lipinski definition) is 2. The first-order chi connectivity index (χ1) is 12.2. The number of rotatable bonds is 4. The number of benzene rings is 2. The van der Waals surface area contributed by atoms with Crippen LogP contribution in [0.1, 0.15) is 42.0 Å². The lowest BCUT2D eigenvalue weighted by atomic mass is 9.93. The van der Waals surface area contributed by atoms with Crippen molar-refractivity contribution in [2.45, 2.75) is 44.8 Å². The molecule has 130 valence electrons. The molecule has 2 aliphatic heterocycles. The molecule has 1 N–H and O–H groups in total. The van der Waals surface area contributed by atoms with Crippen LogP contribution in [0.15, 0.2) is 54.6 Å². The van der Waals surface area contributed by atoms with Crippen molar-refractivity contribution in [3.8, 4) is 0 Å². The zero-order valence-corrected chi connectivity index (χ0v) is 14.8. The van der Waals surface area contributed by atoms with Gasteiger partial charge in [-0.2, -0.15) is 0 Å². The zero-order chi connectivity index (χ0) is 17.2. The van der Waals surface area contributed by atoms with E-state index >= 15 is 0 Å². The van der Waals surface area contributed by atoms with Crippen molar-refractivity contribution in [3.63, 3.8) is 0 Å². The Morgan fingerprint density at radius 2 is 2.00 bits per heavy atom. The van der Waals surface area contributed by atoms with E-state index in [-0.39, 0.29) is 11.8 Å². The smallest absolute Gasteiger partial charge is 0.225 e. The Kier molecular flexibility index (Phi) is 4.58. The van der Waals surface area contributed by atoms with Gasteiger partial charge >= 0.3 is 0 Å². The van der Waals surface area contributed by atoms with Crippen LogP contribution in [-0.4, -0.2) is 23.4 Å². The molecule has 4 rings (SSSR count). The number of carbonyl (C=O) groups excluding carboxylic acids is 1.